The SMILES string of the molecule is C=C(NCc1ccc(Nc2ccc(F)cc2C(F)(F)F)cc1)C1(NC(=O)/C(S)=C/N)CC1. The summed E-state index contributed by atoms with van der Waals surface area (Å²) in [6.45, 7) is 4.41. The van der Waals surface area contributed by atoms with Gasteiger partial charge in [-0.25, -0.2) is 4.39 Å². The lowest BCUT2D eigenvalue weighted by atomic mass is 10.1. The van der Waals surface area contributed by atoms with Crippen molar-refractivity contribution < 1.29 is 22.4 Å². The molecule has 0 radical (unpaired) electrons. The van der Waals surface area contributed by atoms with Crippen molar-refractivity contribution in [2.45, 2.75) is 31.1 Å². The van der Waals surface area contributed by atoms with Gasteiger partial charge in [-0.1, -0.05) is 18.7 Å². The van der Waals surface area contributed by atoms with Crippen LogP contribution < -0.4 is 21.7 Å². The quantitative estimate of drug-likeness (QED) is 0.224. The molecule has 2 aromatic carbocycles. The lowest BCUT2D eigenvalue weighted by Crippen LogP contribution is -2.42. The summed E-state index contributed by atoms with van der Waals surface area (Å²) in [6.07, 6.45) is -2.10. The van der Waals surface area contributed by atoms with Gasteiger partial charge in [-0.3, -0.25) is 4.79 Å². The van der Waals surface area contributed by atoms with Gasteiger partial charge >= 0.3 is 6.18 Å². The first kappa shape index (κ1) is 23.5. The highest BCUT2D eigenvalue weighted by atomic mass is 32.1. The number of hydrogen-bond donors (Lipinski definition) is 5. The van der Waals surface area contributed by atoms with E-state index in [-0.39, 0.29) is 16.5 Å². The van der Waals surface area contributed by atoms with Crippen LogP contribution in [0.15, 0.2) is 65.8 Å². The number of rotatable bonds is 8. The summed E-state index contributed by atoms with van der Waals surface area (Å²) < 4.78 is 52.7. The number of nitrogens with two attached hydrogens (primary N) is 1. The molecule has 0 saturated heterocycles. The summed E-state index contributed by atoms with van der Waals surface area (Å²) in [5.41, 5.74) is 5.36. The molecule has 1 amide bonds. The predicted octanol–water partition coefficient (Wildman–Crippen LogP) is 4.57. The molecule has 2 aromatic rings. The van der Waals surface area contributed by atoms with Gasteiger partial charge in [0.2, 0.25) is 0 Å². The highest BCUT2D eigenvalue weighted by Crippen LogP contribution is 2.41. The topological polar surface area (TPSA) is 79.2 Å². The maximum absolute atomic E-state index is 13.3. The summed E-state index contributed by atoms with van der Waals surface area (Å²) in [5.74, 6) is -1.34. The predicted molar refractivity (Wildman–Crippen MR) is 118 cm³/mol. The third-order valence-corrected chi connectivity index (χ3v) is 5.45. The fraction of sp³-hybridized carbons (Fsp3) is 0.227. The van der Waals surface area contributed by atoms with Crippen molar-refractivity contribution in [2.75, 3.05) is 5.32 Å². The number of carbonyl (C=O) groups is 1. The molecule has 1 aliphatic rings. The number of thiol groups is 1. The molecule has 0 spiro atoms. The van der Waals surface area contributed by atoms with E-state index in [4.69, 9.17) is 5.73 Å². The van der Waals surface area contributed by atoms with Crippen molar-refractivity contribution in [3.05, 3.63) is 82.8 Å². The Hall–Kier alpha value is -3.14. The van der Waals surface area contributed by atoms with Gasteiger partial charge in [0.05, 0.1) is 21.7 Å². The van der Waals surface area contributed by atoms with Crippen molar-refractivity contribution in [1.29, 1.82) is 0 Å². The van der Waals surface area contributed by atoms with Crippen LogP contribution in [0.3, 0.4) is 0 Å². The molecule has 0 aliphatic heterocycles. The average Bonchev–Trinajstić information content (AvgIpc) is 3.53. The molecule has 10 heteroatoms. The molecule has 0 atom stereocenters. The van der Waals surface area contributed by atoms with E-state index < -0.39 is 23.1 Å². The molecular formula is C22H22F4N4OS. The summed E-state index contributed by atoms with van der Waals surface area (Å²) in [5, 5.41) is 8.71. The molecule has 3 rings (SSSR count). The van der Waals surface area contributed by atoms with Crippen LogP contribution in [0.4, 0.5) is 28.9 Å². The Balaban J connectivity index is 1.60. The lowest BCUT2D eigenvalue weighted by molar-refractivity contribution is -0.137. The van der Waals surface area contributed by atoms with Crippen molar-refractivity contribution in [3.8, 4) is 0 Å². The van der Waals surface area contributed by atoms with Crippen LogP contribution in [0.25, 0.3) is 0 Å². The summed E-state index contributed by atoms with van der Waals surface area (Å²) in [4.78, 5) is 12.1. The van der Waals surface area contributed by atoms with E-state index in [2.05, 4.69) is 35.2 Å². The molecular weight excluding hydrogens is 444 g/mol. The minimum absolute atomic E-state index is 0.113. The Morgan fingerprint density at radius 1 is 1.19 bits per heavy atom. The second-order valence-corrected chi connectivity index (χ2v) is 7.91. The maximum Gasteiger partial charge on any atom is 0.418 e. The van der Waals surface area contributed by atoms with E-state index in [0.29, 0.717) is 24.0 Å². The van der Waals surface area contributed by atoms with Gasteiger partial charge < -0.3 is 21.7 Å². The summed E-state index contributed by atoms with van der Waals surface area (Å²) in [7, 11) is 0. The molecule has 5 N–H and O–H groups in total. The smallest absolute Gasteiger partial charge is 0.404 e. The van der Waals surface area contributed by atoms with Gasteiger partial charge in [0.1, 0.15) is 5.82 Å². The Bertz CT molecular complexity index is 1050. The number of hydrogen-bond acceptors (Lipinski definition) is 5. The zero-order chi connectivity index (χ0) is 23.5. The molecule has 0 unspecified atom stereocenters. The van der Waals surface area contributed by atoms with Gasteiger partial charge in [-0.05, 0) is 48.7 Å². The van der Waals surface area contributed by atoms with E-state index in [1.165, 1.54) is 0 Å². The van der Waals surface area contributed by atoms with Crippen LogP contribution in [0.1, 0.15) is 24.0 Å². The average molecular weight is 467 g/mol. The lowest BCUT2D eigenvalue weighted by Gasteiger charge is -2.22. The highest BCUT2D eigenvalue weighted by Gasteiger charge is 2.47. The Kier molecular flexibility index (Phi) is 6.73. The number of anilines is 2. The van der Waals surface area contributed by atoms with Crippen LogP contribution in [0, 0.1) is 5.82 Å². The standard InChI is InChI=1S/C22H22F4N4OS/c1-13(21(8-9-21)30-20(31)19(32)11-27)28-12-14-2-5-16(6-3-14)29-18-7-4-15(23)10-17(18)22(24,25)26/h2-7,10-11,28-29,32H,1,8-9,12,27H2,(H,30,31)/b19-11-. The fourth-order valence-electron chi connectivity index (χ4n) is 3.08. The first-order chi connectivity index (χ1) is 15.0. The van der Waals surface area contributed by atoms with Gasteiger partial charge in [0, 0.05) is 24.1 Å². The molecule has 0 bridgehead atoms. The molecule has 1 aliphatic carbocycles. The van der Waals surface area contributed by atoms with Crippen molar-refractivity contribution in [3.63, 3.8) is 0 Å². The number of carbonyl (C=O) groups excluding carboxylic acids is 1. The van der Waals surface area contributed by atoms with Crippen LogP contribution in [0.5, 0.6) is 0 Å². The van der Waals surface area contributed by atoms with Crippen molar-refractivity contribution >= 4 is 29.9 Å². The van der Waals surface area contributed by atoms with Crippen LogP contribution in [-0.2, 0) is 17.5 Å². The van der Waals surface area contributed by atoms with Gasteiger partial charge in [0.25, 0.3) is 5.91 Å². The Labute approximate surface area is 188 Å². The van der Waals surface area contributed by atoms with Gasteiger partial charge in [0.15, 0.2) is 0 Å². The molecule has 32 heavy (non-hydrogen) atoms. The molecule has 1 saturated carbocycles. The number of benzene rings is 2. The first-order valence-electron chi connectivity index (χ1n) is 9.63. The summed E-state index contributed by atoms with van der Waals surface area (Å²) in [6, 6.07) is 9.19. The molecule has 1 fully saturated rings. The van der Waals surface area contributed by atoms with Crippen LogP contribution in [0.2, 0.25) is 0 Å². The molecule has 0 aromatic heterocycles. The number of amides is 1. The molecule has 5 nitrogen and oxygen atoms in total. The molecule has 170 valence electrons. The van der Waals surface area contributed by atoms with E-state index in [1.54, 1.807) is 24.3 Å². The Morgan fingerprint density at radius 3 is 2.41 bits per heavy atom. The second-order valence-electron chi connectivity index (χ2n) is 7.43. The largest absolute Gasteiger partial charge is 0.418 e. The summed E-state index contributed by atoms with van der Waals surface area (Å²) >= 11 is 4.00. The number of nitrogens with one attached hydrogen (secondary N) is 3. The number of alkyl halides is 3. The van der Waals surface area contributed by atoms with Crippen LogP contribution in [-0.4, -0.2) is 11.4 Å². The maximum atomic E-state index is 13.3. The third-order valence-electron chi connectivity index (χ3n) is 5.10. The fourth-order valence-corrected chi connectivity index (χ4v) is 3.14. The second kappa shape index (κ2) is 9.15. The van der Waals surface area contributed by atoms with Crippen LogP contribution >= 0.6 is 12.6 Å². The van der Waals surface area contributed by atoms with E-state index in [1.807, 2.05) is 0 Å². The zero-order valence-electron chi connectivity index (χ0n) is 16.9. The third kappa shape index (κ3) is 5.56. The molecule has 0 heterocycles. The number of halogens is 4. The van der Waals surface area contributed by atoms with E-state index in [0.717, 1.165) is 36.7 Å². The van der Waals surface area contributed by atoms with Crippen molar-refractivity contribution in [2.24, 2.45) is 5.73 Å². The van der Waals surface area contributed by atoms with Gasteiger partial charge in [-0.15, -0.1) is 12.6 Å². The monoisotopic (exact) mass is 466 g/mol. The highest BCUT2D eigenvalue weighted by molar-refractivity contribution is 7.85. The Morgan fingerprint density at radius 2 is 1.84 bits per heavy atom. The minimum Gasteiger partial charge on any atom is -0.404 e. The van der Waals surface area contributed by atoms with E-state index in [9.17, 15) is 22.4 Å². The van der Waals surface area contributed by atoms with Gasteiger partial charge in [-0.2, -0.15) is 13.2 Å². The van der Waals surface area contributed by atoms with E-state index >= 15 is 0 Å². The normalized spacial score (nSPS) is 15.1. The first-order valence-corrected chi connectivity index (χ1v) is 10.1. The minimum atomic E-state index is -4.68. The van der Waals surface area contributed by atoms with Crippen molar-refractivity contribution in [1.82, 2.24) is 10.6 Å². The zero-order valence-corrected chi connectivity index (χ0v) is 17.8.